The van der Waals surface area contributed by atoms with E-state index in [0.29, 0.717) is 6.54 Å². The van der Waals surface area contributed by atoms with Gasteiger partial charge in [0.05, 0.1) is 16.2 Å². The largest absolute Gasteiger partial charge is 0.306 e. The molecular formula is C15H18BrF2N3. The fourth-order valence-corrected chi connectivity index (χ4v) is 2.71. The first-order valence-electron chi connectivity index (χ1n) is 6.82. The molecule has 2 aromatic rings. The second kappa shape index (κ2) is 6.66. The summed E-state index contributed by atoms with van der Waals surface area (Å²) in [4.78, 5) is 0. The van der Waals surface area contributed by atoms with Crippen molar-refractivity contribution in [3.8, 4) is 0 Å². The number of benzene rings is 1. The molecule has 114 valence electrons. The summed E-state index contributed by atoms with van der Waals surface area (Å²) < 4.78 is 30.5. The second-order valence-corrected chi connectivity index (χ2v) is 5.84. The van der Waals surface area contributed by atoms with Gasteiger partial charge in [0.2, 0.25) is 0 Å². The molecule has 1 unspecified atom stereocenters. The molecular weight excluding hydrogens is 340 g/mol. The molecule has 6 heteroatoms. The summed E-state index contributed by atoms with van der Waals surface area (Å²) in [6.45, 7) is 4.50. The maximum Gasteiger partial charge on any atom is 0.145 e. The number of rotatable bonds is 5. The number of hydrogen-bond donors (Lipinski definition) is 1. The third-order valence-corrected chi connectivity index (χ3v) is 3.94. The van der Waals surface area contributed by atoms with Crippen molar-refractivity contribution in [1.82, 2.24) is 15.1 Å². The Hall–Kier alpha value is -1.27. The van der Waals surface area contributed by atoms with Gasteiger partial charge in [0, 0.05) is 24.4 Å². The molecule has 0 aliphatic rings. The summed E-state index contributed by atoms with van der Waals surface area (Å²) >= 11 is 3.12. The summed E-state index contributed by atoms with van der Waals surface area (Å²) in [6, 6.07) is 2.09. The Labute approximate surface area is 131 Å². The summed E-state index contributed by atoms with van der Waals surface area (Å²) in [5, 5.41) is 7.48. The van der Waals surface area contributed by atoms with Crippen LogP contribution in [0.25, 0.3) is 0 Å². The maximum absolute atomic E-state index is 14.4. The third kappa shape index (κ3) is 3.32. The number of nitrogens with one attached hydrogen (secondary N) is 1. The Balaban J connectivity index is 2.56. The Bertz CT molecular complexity index is 640. The van der Waals surface area contributed by atoms with Gasteiger partial charge in [0.1, 0.15) is 11.6 Å². The van der Waals surface area contributed by atoms with Gasteiger partial charge in [-0.2, -0.15) is 5.10 Å². The van der Waals surface area contributed by atoms with Gasteiger partial charge in [-0.1, -0.05) is 6.92 Å². The zero-order valence-corrected chi connectivity index (χ0v) is 13.8. The number of hydrogen-bond acceptors (Lipinski definition) is 2. The topological polar surface area (TPSA) is 29.9 Å². The zero-order chi connectivity index (χ0) is 15.6. The van der Waals surface area contributed by atoms with Crippen LogP contribution in [-0.4, -0.2) is 16.3 Å². The minimum atomic E-state index is -0.577. The van der Waals surface area contributed by atoms with E-state index in [4.69, 9.17) is 0 Å². The van der Waals surface area contributed by atoms with Crippen LogP contribution in [0.4, 0.5) is 8.78 Å². The lowest BCUT2D eigenvalue weighted by Crippen LogP contribution is -2.25. The Morgan fingerprint density at radius 3 is 2.67 bits per heavy atom. The van der Waals surface area contributed by atoms with Crippen LogP contribution in [0.2, 0.25) is 0 Å². The molecule has 2 rings (SSSR count). The molecule has 0 spiro atoms. The van der Waals surface area contributed by atoms with Gasteiger partial charge in [0.15, 0.2) is 0 Å². The van der Waals surface area contributed by atoms with E-state index in [-0.39, 0.29) is 10.0 Å². The molecule has 0 bridgehead atoms. The standard InChI is InChI=1S/C15H18BrF2N3/c1-4-7-19-15(10-8-21(3)20-9(10)2)13-12(17)6-5-11(16)14(13)18/h5-6,8,15,19H,4,7H2,1-3H3. The molecule has 1 N–H and O–H groups in total. The van der Waals surface area contributed by atoms with Gasteiger partial charge in [0.25, 0.3) is 0 Å². The van der Waals surface area contributed by atoms with Crippen LogP contribution in [-0.2, 0) is 7.05 Å². The van der Waals surface area contributed by atoms with Crippen molar-refractivity contribution >= 4 is 15.9 Å². The Kier molecular flexibility index (Phi) is 5.11. The first kappa shape index (κ1) is 16.1. The third-order valence-electron chi connectivity index (χ3n) is 3.33. The first-order valence-corrected chi connectivity index (χ1v) is 7.62. The molecule has 1 aromatic carbocycles. The van der Waals surface area contributed by atoms with E-state index in [1.807, 2.05) is 13.8 Å². The highest BCUT2D eigenvalue weighted by molar-refractivity contribution is 9.10. The Morgan fingerprint density at radius 2 is 2.10 bits per heavy atom. The van der Waals surface area contributed by atoms with Gasteiger partial charge in [-0.3, -0.25) is 4.68 Å². The molecule has 0 saturated carbocycles. The zero-order valence-electron chi connectivity index (χ0n) is 12.3. The highest BCUT2D eigenvalue weighted by atomic mass is 79.9. The summed E-state index contributed by atoms with van der Waals surface area (Å²) in [5.74, 6) is -1.14. The van der Waals surface area contributed by atoms with Crippen LogP contribution < -0.4 is 5.32 Å². The van der Waals surface area contributed by atoms with Crippen LogP contribution >= 0.6 is 15.9 Å². The molecule has 0 aliphatic carbocycles. The van der Waals surface area contributed by atoms with Gasteiger partial charge in [-0.05, 0) is 48.0 Å². The fourth-order valence-electron chi connectivity index (χ4n) is 2.36. The molecule has 0 radical (unpaired) electrons. The van der Waals surface area contributed by atoms with E-state index >= 15 is 0 Å². The second-order valence-electron chi connectivity index (χ2n) is 4.99. The van der Waals surface area contributed by atoms with Crippen molar-refractivity contribution in [2.24, 2.45) is 7.05 Å². The van der Waals surface area contributed by atoms with E-state index in [9.17, 15) is 8.78 Å². The molecule has 0 fully saturated rings. The van der Waals surface area contributed by atoms with Crippen LogP contribution in [0, 0.1) is 18.6 Å². The lowest BCUT2D eigenvalue weighted by Gasteiger charge is -2.20. The molecule has 21 heavy (non-hydrogen) atoms. The van der Waals surface area contributed by atoms with Crippen molar-refractivity contribution in [2.75, 3.05) is 6.54 Å². The maximum atomic E-state index is 14.4. The SMILES string of the molecule is CCCNC(c1cn(C)nc1C)c1c(F)ccc(Br)c1F. The van der Waals surface area contributed by atoms with E-state index in [0.717, 1.165) is 17.7 Å². The average Bonchev–Trinajstić information content (AvgIpc) is 2.77. The van der Waals surface area contributed by atoms with E-state index < -0.39 is 17.7 Å². The Morgan fingerprint density at radius 1 is 1.38 bits per heavy atom. The minimum absolute atomic E-state index is 0.0222. The van der Waals surface area contributed by atoms with Gasteiger partial charge in [-0.25, -0.2) is 8.78 Å². The monoisotopic (exact) mass is 357 g/mol. The average molecular weight is 358 g/mol. The molecule has 3 nitrogen and oxygen atoms in total. The van der Waals surface area contributed by atoms with Crippen molar-refractivity contribution < 1.29 is 8.78 Å². The molecule has 0 saturated heterocycles. The predicted octanol–water partition coefficient (Wildman–Crippen LogP) is 3.86. The molecule has 0 aliphatic heterocycles. The fraction of sp³-hybridized carbons (Fsp3) is 0.400. The highest BCUT2D eigenvalue weighted by Gasteiger charge is 2.25. The van der Waals surface area contributed by atoms with Crippen molar-refractivity contribution in [3.63, 3.8) is 0 Å². The van der Waals surface area contributed by atoms with E-state index in [1.54, 1.807) is 17.9 Å². The normalized spacial score (nSPS) is 12.7. The van der Waals surface area contributed by atoms with Gasteiger partial charge < -0.3 is 5.32 Å². The molecule has 1 heterocycles. The molecule has 1 atom stereocenters. The molecule has 0 amide bonds. The van der Waals surface area contributed by atoms with E-state index in [2.05, 4.69) is 26.3 Å². The van der Waals surface area contributed by atoms with Crippen molar-refractivity contribution in [1.29, 1.82) is 0 Å². The summed E-state index contributed by atoms with van der Waals surface area (Å²) in [5.41, 5.74) is 1.56. The van der Waals surface area contributed by atoms with Crippen LogP contribution in [0.1, 0.15) is 36.2 Å². The number of halogens is 3. The minimum Gasteiger partial charge on any atom is -0.306 e. The predicted molar refractivity (Wildman–Crippen MR) is 82.1 cm³/mol. The van der Waals surface area contributed by atoms with Crippen molar-refractivity contribution in [3.05, 3.63) is 51.3 Å². The van der Waals surface area contributed by atoms with Crippen molar-refractivity contribution in [2.45, 2.75) is 26.3 Å². The lowest BCUT2D eigenvalue weighted by atomic mass is 9.98. The summed E-state index contributed by atoms with van der Waals surface area (Å²) in [6.07, 6.45) is 2.66. The summed E-state index contributed by atoms with van der Waals surface area (Å²) in [7, 11) is 1.79. The number of aryl methyl sites for hydroxylation is 2. The highest BCUT2D eigenvalue weighted by Crippen LogP contribution is 2.31. The lowest BCUT2D eigenvalue weighted by molar-refractivity contribution is 0.499. The van der Waals surface area contributed by atoms with E-state index in [1.165, 1.54) is 12.1 Å². The van der Waals surface area contributed by atoms with Crippen LogP contribution in [0.15, 0.2) is 22.8 Å². The van der Waals surface area contributed by atoms with Gasteiger partial charge in [-0.15, -0.1) is 0 Å². The number of aromatic nitrogens is 2. The van der Waals surface area contributed by atoms with Crippen LogP contribution in [0.5, 0.6) is 0 Å². The first-order chi connectivity index (χ1) is 9.95. The quantitative estimate of drug-likeness (QED) is 0.823. The van der Waals surface area contributed by atoms with Crippen LogP contribution in [0.3, 0.4) is 0 Å². The molecule has 1 aromatic heterocycles. The smallest absolute Gasteiger partial charge is 0.145 e. The number of nitrogens with zero attached hydrogens (tertiary/aromatic N) is 2. The van der Waals surface area contributed by atoms with Gasteiger partial charge >= 0.3 is 0 Å².